The molecule has 3 aromatic carbocycles. The monoisotopic (exact) mass is 741 g/mol. The first-order chi connectivity index (χ1) is 25.6. The number of rotatable bonds is 8. The molecule has 3 heterocycles. The summed E-state index contributed by atoms with van der Waals surface area (Å²) in [5, 5.41) is 16.3. The van der Waals surface area contributed by atoms with Gasteiger partial charge in [-0.25, -0.2) is 9.36 Å². The standard InChI is InChI=1S/C34H37F3N8O3.C6H6/c1-22(32(47)41(2)21-24-14-17-45(4,5)18-15-24)40-31(46)29-30(28-13-16-39-43(28)26-11-9-23(20-38)10-12-26)42(3)44(33(29)48)27-8-6-7-25(19-27)34(35,36)37;1-2-4-6-5-3-1/h6-13,16,19,22,24H,14-15,17-18,21H2,1-5H3;1-6H/p+1. The smallest absolute Gasteiger partial charge is 0.344 e. The van der Waals surface area contributed by atoms with Gasteiger partial charge in [-0.15, -0.1) is 0 Å². The maximum Gasteiger partial charge on any atom is 0.416 e. The highest BCUT2D eigenvalue weighted by molar-refractivity contribution is 6.02. The van der Waals surface area contributed by atoms with Crippen LogP contribution in [-0.4, -0.2) is 87.2 Å². The second-order valence-electron chi connectivity index (χ2n) is 14.1. The van der Waals surface area contributed by atoms with Crippen LogP contribution in [0.1, 0.15) is 41.3 Å². The second kappa shape index (κ2) is 16.4. The molecule has 1 atom stereocenters. The summed E-state index contributed by atoms with van der Waals surface area (Å²) < 4.78 is 45.6. The molecule has 0 saturated carbocycles. The Morgan fingerprint density at radius 1 is 0.981 bits per heavy atom. The Morgan fingerprint density at radius 2 is 1.59 bits per heavy atom. The Balaban J connectivity index is 0.000000850. The van der Waals surface area contributed by atoms with Crippen LogP contribution < -0.4 is 10.9 Å². The minimum absolute atomic E-state index is 0.0627. The van der Waals surface area contributed by atoms with Gasteiger partial charge in [-0.2, -0.15) is 23.5 Å². The summed E-state index contributed by atoms with van der Waals surface area (Å²) in [5.74, 6) is -0.869. The van der Waals surface area contributed by atoms with Crippen LogP contribution in [0, 0.1) is 17.2 Å². The molecule has 0 spiro atoms. The van der Waals surface area contributed by atoms with Crippen molar-refractivity contribution in [2.24, 2.45) is 13.0 Å². The fraction of sp³-hybridized carbons (Fsp3) is 0.325. The number of likely N-dealkylation sites (N-methyl/N-ethyl adjacent to an activating group) is 1. The fourth-order valence-corrected chi connectivity index (χ4v) is 6.60. The van der Waals surface area contributed by atoms with Gasteiger partial charge in [0.15, 0.2) is 0 Å². The number of quaternary nitrogens is 1. The third-order valence-electron chi connectivity index (χ3n) is 9.62. The minimum atomic E-state index is -4.67. The molecular weight excluding hydrogens is 697 g/mol. The molecule has 0 bridgehead atoms. The number of amides is 2. The van der Waals surface area contributed by atoms with Crippen molar-refractivity contribution in [3.05, 3.63) is 124 Å². The number of benzene rings is 3. The van der Waals surface area contributed by atoms with E-state index in [9.17, 15) is 32.8 Å². The molecule has 0 radical (unpaired) electrons. The number of halogens is 3. The summed E-state index contributed by atoms with van der Waals surface area (Å²) in [6.07, 6.45) is -1.27. The number of aromatic nitrogens is 4. The predicted molar refractivity (Wildman–Crippen MR) is 199 cm³/mol. The van der Waals surface area contributed by atoms with Gasteiger partial charge in [-0.1, -0.05) is 42.5 Å². The molecule has 1 aliphatic rings. The van der Waals surface area contributed by atoms with Crippen molar-refractivity contribution in [2.45, 2.75) is 32.0 Å². The van der Waals surface area contributed by atoms with Gasteiger partial charge in [-0.05, 0) is 61.4 Å². The molecule has 1 unspecified atom stereocenters. The highest BCUT2D eigenvalue weighted by atomic mass is 19.4. The number of nitrogens with one attached hydrogen (secondary N) is 1. The van der Waals surface area contributed by atoms with Gasteiger partial charge in [0.25, 0.3) is 11.5 Å². The van der Waals surface area contributed by atoms with Gasteiger partial charge in [-0.3, -0.25) is 19.1 Å². The lowest BCUT2D eigenvalue weighted by molar-refractivity contribution is -0.896. The van der Waals surface area contributed by atoms with E-state index in [1.807, 2.05) is 42.5 Å². The molecule has 0 aliphatic carbocycles. The molecule has 282 valence electrons. The average Bonchev–Trinajstić information content (AvgIpc) is 3.74. The van der Waals surface area contributed by atoms with Crippen LogP contribution in [0.3, 0.4) is 0 Å². The molecule has 11 nitrogen and oxygen atoms in total. The molecule has 1 aliphatic heterocycles. The molecule has 5 aromatic rings. The van der Waals surface area contributed by atoms with E-state index in [1.165, 1.54) is 41.7 Å². The van der Waals surface area contributed by atoms with Crippen LogP contribution in [-0.2, 0) is 18.0 Å². The highest BCUT2D eigenvalue weighted by Crippen LogP contribution is 2.31. The summed E-state index contributed by atoms with van der Waals surface area (Å²) in [5.41, 5.74) is -1.07. The molecule has 2 aromatic heterocycles. The van der Waals surface area contributed by atoms with Crippen molar-refractivity contribution in [3.8, 4) is 28.8 Å². The first-order valence-electron chi connectivity index (χ1n) is 17.5. The molecule has 1 N–H and O–H groups in total. The van der Waals surface area contributed by atoms with Crippen molar-refractivity contribution in [2.75, 3.05) is 40.8 Å². The number of likely N-dealkylation sites (tertiary alicyclic amines) is 1. The quantitative estimate of drug-likeness (QED) is 0.206. The topological polar surface area (TPSA) is 118 Å². The van der Waals surface area contributed by atoms with E-state index < -0.39 is 29.2 Å². The number of alkyl halides is 3. The lowest BCUT2D eigenvalue weighted by atomic mass is 9.95. The van der Waals surface area contributed by atoms with E-state index in [0.717, 1.165) is 47.2 Å². The lowest BCUT2D eigenvalue weighted by Crippen LogP contribution is -2.50. The van der Waals surface area contributed by atoms with Gasteiger partial charge in [0.2, 0.25) is 5.91 Å². The number of hydrogen-bond donors (Lipinski definition) is 1. The number of carbonyl (C=O) groups excluding carboxylic acids is 2. The van der Waals surface area contributed by atoms with Crippen molar-refractivity contribution < 1.29 is 27.2 Å². The van der Waals surface area contributed by atoms with E-state index in [1.54, 1.807) is 42.3 Å². The first-order valence-corrected chi connectivity index (χ1v) is 17.5. The largest absolute Gasteiger partial charge is 0.416 e. The van der Waals surface area contributed by atoms with Crippen LogP contribution in [0.15, 0.2) is 102 Å². The average molecular weight is 742 g/mol. The molecule has 14 heteroatoms. The van der Waals surface area contributed by atoms with Crippen LogP contribution in [0.5, 0.6) is 0 Å². The summed E-state index contributed by atoms with van der Waals surface area (Å²) >= 11 is 0. The van der Waals surface area contributed by atoms with Gasteiger partial charge in [0.1, 0.15) is 17.3 Å². The zero-order chi connectivity index (χ0) is 39.2. The summed E-state index contributed by atoms with van der Waals surface area (Å²) in [6.45, 7) is 4.08. The van der Waals surface area contributed by atoms with Crippen molar-refractivity contribution in [3.63, 3.8) is 0 Å². The number of hydrogen-bond acceptors (Lipinski definition) is 5. The summed E-state index contributed by atoms with van der Waals surface area (Å²) in [7, 11) is 7.50. The molecule has 2 amide bonds. The van der Waals surface area contributed by atoms with E-state index in [4.69, 9.17) is 0 Å². The first kappa shape index (κ1) is 39.3. The van der Waals surface area contributed by atoms with E-state index >= 15 is 0 Å². The van der Waals surface area contributed by atoms with E-state index in [-0.39, 0.29) is 28.5 Å². The predicted octanol–water partition coefficient (Wildman–Crippen LogP) is 5.67. The van der Waals surface area contributed by atoms with Gasteiger partial charge >= 0.3 is 6.18 Å². The van der Waals surface area contributed by atoms with E-state index in [2.05, 4.69) is 24.5 Å². The second-order valence-corrected chi connectivity index (χ2v) is 14.1. The third kappa shape index (κ3) is 8.98. The molecule has 6 rings (SSSR count). The maximum absolute atomic E-state index is 14.1. The van der Waals surface area contributed by atoms with Gasteiger partial charge in [0.05, 0.1) is 67.6 Å². The Kier molecular flexibility index (Phi) is 11.9. The zero-order valence-corrected chi connectivity index (χ0v) is 30.9. The van der Waals surface area contributed by atoms with Crippen LogP contribution in [0.4, 0.5) is 13.2 Å². The Labute approximate surface area is 312 Å². The molecule has 54 heavy (non-hydrogen) atoms. The Morgan fingerprint density at radius 3 is 2.17 bits per heavy atom. The van der Waals surface area contributed by atoms with Crippen LogP contribution >= 0.6 is 0 Å². The van der Waals surface area contributed by atoms with Crippen LogP contribution in [0.25, 0.3) is 22.8 Å². The molecular formula is C40H44F3N8O3+. The number of piperidine rings is 1. The Hall–Kier alpha value is -5.94. The molecule has 1 fully saturated rings. The Bertz CT molecular complexity index is 2140. The molecule has 1 saturated heterocycles. The van der Waals surface area contributed by atoms with E-state index in [0.29, 0.717) is 23.7 Å². The third-order valence-corrected chi connectivity index (χ3v) is 9.62. The van der Waals surface area contributed by atoms with Crippen molar-refractivity contribution >= 4 is 11.8 Å². The number of nitriles is 1. The zero-order valence-electron chi connectivity index (χ0n) is 30.9. The SMILES string of the molecule is CC(NC(=O)c1c(-c2ccnn2-c2ccc(C#N)cc2)n(C)n(-c2cccc(C(F)(F)F)c2)c1=O)C(=O)N(C)CC1CC[N+](C)(C)CC1.c1ccccc1. The summed E-state index contributed by atoms with van der Waals surface area (Å²) in [6, 6.07) is 25.3. The van der Waals surface area contributed by atoms with Crippen molar-refractivity contribution in [1.29, 1.82) is 5.26 Å². The van der Waals surface area contributed by atoms with Crippen molar-refractivity contribution in [1.82, 2.24) is 29.4 Å². The van der Waals surface area contributed by atoms with Gasteiger partial charge in [0, 0.05) is 33.5 Å². The number of carbonyl (C=O) groups is 2. The highest BCUT2D eigenvalue weighted by Gasteiger charge is 2.34. The normalized spacial score (nSPS) is 14.6. The fourth-order valence-electron chi connectivity index (χ4n) is 6.60. The minimum Gasteiger partial charge on any atom is -0.344 e. The van der Waals surface area contributed by atoms with Crippen LogP contribution in [0.2, 0.25) is 0 Å². The summed E-state index contributed by atoms with van der Waals surface area (Å²) in [4.78, 5) is 43.0. The van der Waals surface area contributed by atoms with Gasteiger partial charge < -0.3 is 14.7 Å². The maximum atomic E-state index is 14.1. The lowest BCUT2D eigenvalue weighted by Gasteiger charge is -2.38. The number of nitrogens with zero attached hydrogens (tertiary/aromatic N) is 7.